The number of amides is 1. The molecule has 0 saturated carbocycles. The van der Waals surface area contributed by atoms with Crippen LogP contribution in [0.1, 0.15) is 5.56 Å². The maximum atomic E-state index is 13.4. The normalized spacial score (nSPS) is 12.3. The molecular formula is C23H21ClN2O6S. The highest BCUT2D eigenvalue weighted by atomic mass is 35.5. The fourth-order valence-corrected chi connectivity index (χ4v) is 4.86. The van der Waals surface area contributed by atoms with E-state index in [1.54, 1.807) is 48.5 Å². The lowest BCUT2D eigenvalue weighted by molar-refractivity contribution is -0.119. The fourth-order valence-electron chi connectivity index (χ4n) is 3.26. The van der Waals surface area contributed by atoms with Crippen LogP contribution in [0.15, 0.2) is 71.6 Å². The van der Waals surface area contributed by atoms with Gasteiger partial charge in [-0.3, -0.25) is 9.10 Å². The first-order chi connectivity index (χ1) is 15.9. The first kappa shape index (κ1) is 22.8. The SMILES string of the molecule is COc1ccc(S(=O)(=O)N(CC(=O)NCc2ccc3c(c2)OCO3)c2cccc(Cl)c2)cc1. The van der Waals surface area contributed by atoms with Gasteiger partial charge >= 0.3 is 0 Å². The molecule has 0 unspecified atom stereocenters. The van der Waals surface area contributed by atoms with Gasteiger partial charge in [-0.2, -0.15) is 0 Å². The lowest BCUT2D eigenvalue weighted by Crippen LogP contribution is -2.40. The number of rotatable bonds is 8. The lowest BCUT2D eigenvalue weighted by atomic mass is 10.2. The summed E-state index contributed by atoms with van der Waals surface area (Å²) in [4.78, 5) is 12.8. The van der Waals surface area contributed by atoms with Crippen molar-refractivity contribution in [3.8, 4) is 17.2 Å². The maximum Gasteiger partial charge on any atom is 0.264 e. The van der Waals surface area contributed by atoms with Gasteiger partial charge in [-0.25, -0.2) is 8.42 Å². The van der Waals surface area contributed by atoms with Crippen molar-refractivity contribution < 1.29 is 27.4 Å². The average Bonchev–Trinajstić information content (AvgIpc) is 3.29. The highest BCUT2D eigenvalue weighted by Gasteiger charge is 2.27. The topological polar surface area (TPSA) is 94.2 Å². The van der Waals surface area contributed by atoms with Crippen LogP contribution in [-0.4, -0.2) is 34.8 Å². The summed E-state index contributed by atoms with van der Waals surface area (Å²) in [6.45, 7) is -0.0797. The van der Waals surface area contributed by atoms with Crippen molar-refractivity contribution in [1.82, 2.24) is 5.32 Å². The van der Waals surface area contributed by atoms with Gasteiger partial charge in [0.05, 0.1) is 17.7 Å². The molecule has 0 spiro atoms. The Morgan fingerprint density at radius 1 is 1.06 bits per heavy atom. The second-order valence-electron chi connectivity index (χ2n) is 7.13. The van der Waals surface area contributed by atoms with Crippen molar-refractivity contribution in [1.29, 1.82) is 0 Å². The van der Waals surface area contributed by atoms with Crippen LogP contribution in [0, 0.1) is 0 Å². The van der Waals surface area contributed by atoms with Gasteiger partial charge in [0.1, 0.15) is 12.3 Å². The molecule has 3 aromatic carbocycles. The molecule has 1 heterocycles. The van der Waals surface area contributed by atoms with Crippen LogP contribution in [0.5, 0.6) is 17.2 Å². The van der Waals surface area contributed by atoms with E-state index in [4.69, 9.17) is 25.8 Å². The molecule has 0 radical (unpaired) electrons. The van der Waals surface area contributed by atoms with Crippen LogP contribution in [-0.2, 0) is 21.4 Å². The molecule has 1 amide bonds. The second-order valence-corrected chi connectivity index (χ2v) is 9.43. The third-order valence-electron chi connectivity index (χ3n) is 4.96. The van der Waals surface area contributed by atoms with Crippen LogP contribution in [0.25, 0.3) is 0 Å². The van der Waals surface area contributed by atoms with Crippen LogP contribution in [0.4, 0.5) is 5.69 Å². The highest BCUT2D eigenvalue weighted by molar-refractivity contribution is 7.92. The van der Waals surface area contributed by atoms with E-state index in [0.717, 1.165) is 9.87 Å². The van der Waals surface area contributed by atoms with Gasteiger partial charge in [0, 0.05) is 11.6 Å². The number of halogens is 1. The summed E-state index contributed by atoms with van der Waals surface area (Å²) in [6, 6.07) is 17.6. The van der Waals surface area contributed by atoms with E-state index in [1.165, 1.54) is 25.3 Å². The Labute approximate surface area is 196 Å². The van der Waals surface area contributed by atoms with Crippen LogP contribution in [0.2, 0.25) is 5.02 Å². The zero-order chi connectivity index (χ0) is 23.4. The monoisotopic (exact) mass is 488 g/mol. The number of anilines is 1. The van der Waals surface area contributed by atoms with E-state index in [-0.39, 0.29) is 23.9 Å². The number of carbonyl (C=O) groups excluding carboxylic acids is 1. The second kappa shape index (κ2) is 9.60. The van der Waals surface area contributed by atoms with Crippen molar-refractivity contribution in [3.05, 3.63) is 77.3 Å². The van der Waals surface area contributed by atoms with E-state index >= 15 is 0 Å². The Kier molecular flexibility index (Phi) is 6.62. The Hall–Kier alpha value is -3.43. The Morgan fingerprint density at radius 3 is 2.55 bits per heavy atom. The Bertz CT molecular complexity index is 1260. The van der Waals surface area contributed by atoms with Gasteiger partial charge in [0.25, 0.3) is 10.0 Å². The molecular weight excluding hydrogens is 468 g/mol. The van der Waals surface area contributed by atoms with Crippen LogP contribution < -0.4 is 23.8 Å². The first-order valence-corrected chi connectivity index (χ1v) is 11.8. The molecule has 3 aromatic rings. The molecule has 4 rings (SSSR count). The third kappa shape index (κ3) is 5.15. The molecule has 172 valence electrons. The molecule has 33 heavy (non-hydrogen) atoms. The molecule has 0 saturated heterocycles. The number of methoxy groups -OCH3 is 1. The zero-order valence-electron chi connectivity index (χ0n) is 17.7. The fraction of sp³-hybridized carbons (Fsp3) is 0.174. The summed E-state index contributed by atoms with van der Waals surface area (Å²) < 4.78 is 43.6. The van der Waals surface area contributed by atoms with E-state index in [0.29, 0.717) is 22.3 Å². The third-order valence-corrected chi connectivity index (χ3v) is 6.98. The summed E-state index contributed by atoms with van der Waals surface area (Å²) in [6.07, 6.45) is 0. The van der Waals surface area contributed by atoms with Crippen molar-refractivity contribution in [2.45, 2.75) is 11.4 Å². The minimum absolute atomic E-state index is 0.0202. The van der Waals surface area contributed by atoms with Crippen molar-refractivity contribution in [3.63, 3.8) is 0 Å². The predicted molar refractivity (Wildman–Crippen MR) is 123 cm³/mol. The number of fused-ring (bicyclic) bond motifs is 1. The van der Waals surface area contributed by atoms with Crippen LogP contribution in [0.3, 0.4) is 0 Å². The minimum Gasteiger partial charge on any atom is -0.497 e. The Balaban J connectivity index is 1.55. The van der Waals surface area contributed by atoms with Gasteiger partial charge in [-0.05, 0) is 60.2 Å². The highest BCUT2D eigenvalue weighted by Crippen LogP contribution is 2.32. The molecule has 0 atom stereocenters. The average molecular weight is 489 g/mol. The van der Waals surface area contributed by atoms with Gasteiger partial charge < -0.3 is 19.5 Å². The summed E-state index contributed by atoms with van der Waals surface area (Å²) in [5.74, 6) is 1.28. The molecule has 10 heteroatoms. The molecule has 0 aliphatic carbocycles. The number of nitrogens with zero attached hydrogens (tertiary/aromatic N) is 1. The standard InChI is InChI=1S/C23H21ClN2O6S/c1-30-19-6-8-20(9-7-19)33(28,29)26(18-4-2-3-17(24)12-18)14-23(27)25-13-16-5-10-21-22(11-16)32-15-31-21/h2-12H,13-15H2,1H3,(H,25,27). The predicted octanol–water partition coefficient (Wildman–Crippen LogP) is 3.59. The number of hydrogen-bond donors (Lipinski definition) is 1. The number of ether oxygens (including phenoxy) is 3. The quantitative estimate of drug-likeness (QED) is 0.520. The summed E-state index contributed by atoms with van der Waals surface area (Å²) >= 11 is 6.09. The van der Waals surface area contributed by atoms with Gasteiger partial charge in [0.2, 0.25) is 12.7 Å². The molecule has 0 bridgehead atoms. The molecule has 1 aliphatic rings. The first-order valence-electron chi connectivity index (χ1n) is 9.94. The number of benzene rings is 3. The largest absolute Gasteiger partial charge is 0.497 e. The van der Waals surface area contributed by atoms with Gasteiger partial charge in [-0.1, -0.05) is 23.7 Å². The lowest BCUT2D eigenvalue weighted by Gasteiger charge is -2.24. The van der Waals surface area contributed by atoms with E-state index in [1.807, 2.05) is 0 Å². The Morgan fingerprint density at radius 2 is 1.82 bits per heavy atom. The molecule has 1 N–H and O–H groups in total. The van der Waals surface area contributed by atoms with Crippen molar-refractivity contribution in [2.24, 2.45) is 0 Å². The van der Waals surface area contributed by atoms with E-state index in [2.05, 4.69) is 5.32 Å². The molecule has 1 aliphatic heterocycles. The molecule has 8 nitrogen and oxygen atoms in total. The van der Waals surface area contributed by atoms with E-state index < -0.39 is 22.5 Å². The maximum absolute atomic E-state index is 13.4. The van der Waals surface area contributed by atoms with Gasteiger partial charge in [-0.15, -0.1) is 0 Å². The van der Waals surface area contributed by atoms with E-state index in [9.17, 15) is 13.2 Å². The zero-order valence-corrected chi connectivity index (χ0v) is 19.2. The number of carbonyl (C=O) groups is 1. The number of nitrogens with one attached hydrogen (secondary N) is 1. The van der Waals surface area contributed by atoms with Crippen LogP contribution >= 0.6 is 11.6 Å². The van der Waals surface area contributed by atoms with Crippen molar-refractivity contribution >= 4 is 33.2 Å². The minimum atomic E-state index is -4.06. The van der Waals surface area contributed by atoms with Gasteiger partial charge in [0.15, 0.2) is 11.5 Å². The molecule has 0 fully saturated rings. The number of hydrogen-bond acceptors (Lipinski definition) is 6. The number of sulfonamides is 1. The summed E-state index contributed by atoms with van der Waals surface area (Å²) in [7, 11) is -2.57. The smallest absolute Gasteiger partial charge is 0.264 e. The van der Waals surface area contributed by atoms with Crippen molar-refractivity contribution in [2.75, 3.05) is 24.8 Å². The molecule has 0 aromatic heterocycles. The summed E-state index contributed by atoms with van der Waals surface area (Å²) in [5.41, 5.74) is 1.07. The summed E-state index contributed by atoms with van der Waals surface area (Å²) in [5, 5.41) is 3.10.